The summed E-state index contributed by atoms with van der Waals surface area (Å²) in [4.78, 5) is 10.6. The first-order chi connectivity index (χ1) is 8.83. The molecule has 0 atom stereocenters. The quantitative estimate of drug-likeness (QED) is 0.788. The van der Waals surface area contributed by atoms with Gasteiger partial charge in [0.1, 0.15) is 0 Å². The van der Waals surface area contributed by atoms with E-state index >= 15 is 0 Å². The Kier molecular flexibility index (Phi) is 2.77. The van der Waals surface area contributed by atoms with Gasteiger partial charge in [0.05, 0.1) is 18.8 Å². The van der Waals surface area contributed by atoms with Crippen molar-refractivity contribution in [2.75, 3.05) is 36.9 Å². The van der Waals surface area contributed by atoms with Gasteiger partial charge in [-0.25, -0.2) is 9.97 Å². The maximum absolute atomic E-state index is 5.36. The molecule has 18 heavy (non-hydrogen) atoms. The second-order valence-electron chi connectivity index (χ2n) is 3.82. The van der Waals surface area contributed by atoms with Crippen LogP contribution in [-0.4, -0.2) is 46.5 Å². The van der Waals surface area contributed by atoms with Crippen LogP contribution in [0.2, 0.25) is 0 Å². The van der Waals surface area contributed by atoms with Crippen LogP contribution in [0.3, 0.4) is 0 Å². The molecular formula is C10H12N6O2. The average molecular weight is 248 g/mol. The molecule has 0 aliphatic carbocycles. The number of nitrogens with zero attached hydrogens (tertiary/aromatic N) is 5. The van der Waals surface area contributed by atoms with E-state index in [0.29, 0.717) is 30.6 Å². The van der Waals surface area contributed by atoms with E-state index in [2.05, 4.69) is 25.1 Å². The number of hydrogen-bond donors (Lipinski definition) is 1. The molecule has 3 heterocycles. The molecule has 0 saturated carbocycles. The predicted octanol–water partition coefficient (Wildman–Crippen LogP) is -0.0546. The Morgan fingerprint density at radius 1 is 1.11 bits per heavy atom. The lowest BCUT2D eigenvalue weighted by Crippen LogP contribution is -2.37. The fraction of sp³-hybridized carbons (Fsp3) is 0.400. The third kappa shape index (κ3) is 2.09. The smallest absolute Gasteiger partial charge is 0.313 e. The number of nitrogens with two attached hydrogens (primary N) is 1. The summed E-state index contributed by atoms with van der Waals surface area (Å²) in [5, 5.41) is 7.36. The van der Waals surface area contributed by atoms with Gasteiger partial charge in [0.2, 0.25) is 5.95 Å². The highest BCUT2D eigenvalue weighted by Gasteiger charge is 2.14. The molecule has 94 valence electrons. The van der Waals surface area contributed by atoms with Crippen molar-refractivity contribution in [2.24, 2.45) is 0 Å². The van der Waals surface area contributed by atoms with Crippen molar-refractivity contribution in [3.8, 4) is 11.5 Å². The van der Waals surface area contributed by atoms with Crippen molar-refractivity contribution < 1.29 is 9.15 Å². The number of rotatable bonds is 2. The second kappa shape index (κ2) is 4.57. The minimum Gasteiger partial charge on any atom is -0.403 e. The molecule has 0 spiro atoms. The van der Waals surface area contributed by atoms with E-state index in [4.69, 9.17) is 14.9 Å². The SMILES string of the molecule is Nc1nnc(-c2cnc(N3CCOCC3)nc2)o1. The summed E-state index contributed by atoms with van der Waals surface area (Å²) in [5.74, 6) is 0.996. The zero-order valence-corrected chi connectivity index (χ0v) is 9.61. The van der Waals surface area contributed by atoms with Gasteiger partial charge in [-0.15, -0.1) is 5.10 Å². The summed E-state index contributed by atoms with van der Waals surface area (Å²) in [5.41, 5.74) is 6.01. The summed E-state index contributed by atoms with van der Waals surface area (Å²) in [6, 6.07) is 0.0299. The van der Waals surface area contributed by atoms with Gasteiger partial charge in [0, 0.05) is 25.5 Å². The minimum atomic E-state index is 0.0299. The lowest BCUT2D eigenvalue weighted by molar-refractivity contribution is 0.122. The van der Waals surface area contributed by atoms with Gasteiger partial charge in [-0.05, 0) is 0 Å². The molecule has 1 aliphatic rings. The highest BCUT2D eigenvalue weighted by Crippen LogP contribution is 2.18. The molecule has 8 nitrogen and oxygen atoms in total. The van der Waals surface area contributed by atoms with Crippen LogP contribution in [0.15, 0.2) is 16.8 Å². The zero-order valence-electron chi connectivity index (χ0n) is 9.61. The first-order valence-corrected chi connectivity index (χ1v) is 5.57. The Bertz CT molecular complexity index is 519. The van der Waals surface area contributed by atoms with Crippen LogP contribution in [0.5, 0.6) is 0 Å². The van der Waals surface area contributed by atoms with Gasteiger partial charge in [-0.2, -0.15) is 0 Å². The molecule has 0 bridgehead atoms. The molecule has 0 amide bonds. The van der Waals surface area contributed by atoms with Gasteiger partial charge in [-0.3, -0.25) is 0 Å². The molecule has 2 N–H and O–H groups in total. The Morgan fingerprint density at radius 3 is 2.44 bits per heavy atom. The number of aromatic nitrogens is 4. The van der Waals surface area contributed by atoms with Crippen LogP contribution in [0.1, 0.15) is 0 Å². The van der Waals surface area contributed by atoms with Crippen LogP contribution < -0.4 is 10.6 Å². The van der Waals surface area contributed by atoms with Crippen molar-refractivity contribution in [3.63, 3.8) is 0 Å². The Hall–Kier alpha value is -2.22. The highest BCUT2D eigenvalue weighted by atomic mass is 16.5. The summed E-state index contributed by atoms with van der Waals surface area (Å²) in [7, 11) is 0. The number of anilines is 2. The first-order valence-electron chi connectivity index (χ1n) is 5.57. The molecular weight excluding hydrogens is 236 g/mol. The van der Waals surface area contributed by atoms with Gasteiger partial charge in [0.15, 0.2) is 0 Å². The minimum absolute atomic E-state index is 0.0299. The second-order valence-corrected chi connectivity index (χ2v) is 3.82. The normalized spacial score (nSPS) is 15.9. The lowest BCUT2D eigenvalue weighted by atomic mass is 10.3. The van der Waals surface area contributed by atoms with Crippen LogP contribution >= 0.6 is 0 Å². The maximum Gasteiger partial charge on any atom is 0.313 e. The largest absolute Gasteiger partial charge is 0.403 e. The van der Waals surface area contributed by atoms with Crippen LogP contribution in [0.25, 0.3) is 11.5 Å². The fourth-order valence-electron chi connectivity index (χ4n) is 1.71. The maximum atomic E-state index is 5.36. The number of nitrogen functional groups attached to an aromatic ring is 1. The highest BCUT2D eigenvalue weighted by molar-refractivity contribution is 5.51. The topological polar surface area (TPSA) is 103 Å². The van der Waals surface area contributed by atoms with Crippen LogP contribution in [0, 0.1) is 0 Å². The van der Waals surface area contributed by atoms with Crippen molar-refractivity contribution >= 4 is 12.0 Å². The van der Waals surface area contributed by atoms with Crippen LogP contribution in [0.4, 0.5) is 12.0 Å². The van der Waals surface area contributed by atoms with E-state index in [-0.39, 0.29) is 6.01 Å². The zero-order chi connectivity index (χ0) is 12.4. The number of hydrogen-bond acceptors (Lipinski definition) is 8. The van der Waals surface area contributed by atoms with Crippen molar-refractivity contribution in [2.45, 2.75) is 0 Å². The van der Waals surface area contributed by atoms with Crippen molar-refractivity contribution in [1.29, 1.82) is 0 Å². The van der Waals surface area contributed by atoms with Gasteiger partial charge in [0.25, 0.3) is 5.89 Å². The lowest BCUT2D eigenvalue weighted by Gasteiger charge is -2.26. The van der Waals surface area contributed by atoms with E-state index in [1.807, 2.05) is 0 Å². The first kappa shape index (κ1) is 10.9. The summed E-state index contributed by atoms with van der Waals surface area (Å²) in [6.07, 6.45) is 3.29. The van der Waals surface area contributed by atoms with E-state index < -0.39 is 0 Å². The van der Waals surface area contributed by atoms with E-state index in [1.165, 1.54) is 0 Å². The Balaban J connectivity index is 1.80. The molecule has 1 aliphatic heterocycles. The molecule has 0 radical (unpaired) electrons. The molecule has 3 rings (SSSR count). The standard InChI is InChI=1S/C10H12N6O2/c11-9-15-14-8(18-9)7-5-12-10(13-6-7)16-1-3-17-4-2-16/h5-6H,1-4H2,(H2,11,15). The van der Waals surface area contributed by atoms with Gasteiger partial charge in [-0.1, -0.05) is 5.10 Å². The molecule has 1 fully saturated rings. The van der Waals surface area contributed by atoms with Crippen molar-refractivity contribution in [3.05, 3.63) is 12.4 Å². The fourth-order valence-corrected chi connectivity index (χ4v) is 1.71. The summed E-state index contributed by atoms with van der Waals surface area (Å²) >= 11 is 0. The molecule has 2 aromatic heterocycles. The summed E-state index contributed by atoms with van der Waals surface area (Å²) in [6.45, 7) is 3.00. The van der Waals surface area contributed by atoms with Crippen molar-refractivity contribution in [1.82, 2.24) is 20.2 Å². The number of ether oxygens (including phenoxy) is 1. The molecule has 2 aromatic rings. The monoisotopic (exact) mass is 248 g/mol. The number of morpholine rings is 1. The van der Waals surface area contributed by atoms with E-state index in [1.54, 1.807) is 12.4 Å². The van der Waals surface area contributed by atoms with Gasteiger partial charge >= 0.3 is 6.01 Å². The van der Waals surface area contributed by atoms with Crippen LogP contribution in [-0.2, 0) is 4.74 Å². The van der Waals surface area contributed by atoms with Gasteiger partial charge < -0.3 is 19.8 Å². The summed E-state index contributed by atoms with van der Waals surface area (Å²) < 4.78 is 10.4. The third-order valence-corrected chi connectivity index (χ3v) is 2.62. The average Bonchev–Trinajstić information content (AvgIpc) is 2.87. The van der Waals surface area contributed by atoms with E-state index in [0.717, 1.165) is 13.1 Å². The van der Waals surface area contributed by atoms with E-state index in [9.17, 15) is 0 Å². The Labute approximate surface area is 103 Å². The molecule has 1 saturated heterocycles. The third-order valence-electron chi connectivity index (χ3n) is 2.62. The predicted molar refractivity (Wildman–Crippen MR) is 62.8 cm³/mol. The molecule has 0 aromatic carbocycles. The molecule has 8 heteroatoms. The Morgan fingerprint density at radius 2 is 1.83 bits per heavy atom. The molecule has 0 unspecified atom stereocenters.